The van der Waals surface area contributed by atoms with Crippen molar-refractivity contribution in [3.05, 3.63) is 41.7 Å². The number of hydrogen-bond acceptors (Lipinski definition) is 7. The molecular formula is C24H30N6O3. The summed E-state index contributed by atoms with van der Waals surface area (Å²) in [4.78, 5) is 18.0. The molecule has 4 N–H and O–H groups in total. The number of nitrogens with zero attached hydrogens (tertiary/aromatic N) is 3. The molecule has 1 saturated carbocycles. The zero-order chi connectivity index (χ0) is 23.2. The van der Waals surface area contributed by atoms with E-state index in [1.807, 2.05) is 26.0 Å². The number of ether oxygens (including phenoxy) is 2. The Bertz CT molecular complexity index is 1200. The molecule has 1 aliphatic carbocycles. The van der Waals surface area contributed by atoms with E-state index in [0.29, 0.717) is 28.5 Å². The molecule has 0 spiro atoms. The lowest BCUT2D eigenvalue weighted by atomic mass is 9.91. The highest BCUT2D eigenvalue weighted by atomic mass is 16.5. The number of nitrogens with one attached hydrogen (secondary N) is 2. The first kappa shape index (κ1) is 21.5. The van der Waals surface area contributed by atoms with Crippen LogP contribution in [-0.2, 0) is 6.42 Å². The zero-order valence-electron chi connectivity index (χ0n) is 19.2. The molecule has 0 bridgehead atoms. The van der Waals surface area contributed by atoms with Crippen LogP contribution >= 0.6 is 0 Å². The molecule has 1 amide bonds. The Labute approximate surface area is 192 Å². The summed E-state index contributed by atoms with van der Waals surface area (Å²) in [6.07, 6.45) is 8.30. The molecule has 5 rings (SSSR count). The topological polar surface area (TPSA) is 116 Å². The lowest BCUT2D eigenvalue weighted by Gasteiger charge is -2.29. The third kappa shape index (κ3) is 4.08. The first-order valence-electron chi connectivity index (χ1n) is 11.4. The molecule has 2 atom stereocenters. The molecule has 3 heterocycles. The number of methoxy groups -OCH3 is 1. The molecule has 1 aliphatic heterocycles. The molecule has 0 saturated heterocycles. The van der Waals surface area contributed by atoms with Gasteiger partial charge >= 0.3 is 0 Å². The van der Waals surface area contributed by atoms with Gasteiger partial charge < -0.3 is 25.8 Å². The summed E-state index contributed by atoms with van der Waals surface area (Å²) in [5.74, 6) is 1.49. The van der Waals surface area contributed by atoms with Crippen LogP contribution in [0, 0.1) is 0 Å². The summed E-state index contributed by atoms with van der Waals surface area (Å²) in [6, 6.07) is 5.61. The van der Waals surface area contributed by atoms with E-state index in [-0.39, 0.29) is 23.6 Å². The van der Waals surface area contributed by atoms with Crippen LogP contribution in [-0.4, -0.2) is 45.3 Å². The summed E-state index contributed by atoms with van der Waals surface area (Å²) in [6.45, 7) is 4.08. The number of fused-ring (bicyclic) bond motifs is 2. The van der Waals surface area contributed by atoms with Gasteiger partial charge in [-0.1, -0.05) is 12.8 Å². The number of carbonyl (C=O) groups excluding carboxylic acids is 1. The number of anilines is 2. The Morgan fingerprint density at radius 1 is 1.30 bits per heavy atom. The van der Waals surface area contributed by atoms with Crippen molar-refractivity contribution in [2.24, 2.45) is 5.73 Å². The van der Waals surface area contributed by atoms with E-state index >= 15 is 0 Å². The Balaban J connectivity index is 1.49. The second-order valence-electron chi connectivity index (χ2n) is 9.46. The van der Waals surface area contributed by atoms with E-state index in [4.69, 9.17) is 15.2 Å². The highest BCUT2D eigenvalue weighted by Crippen LogP contribution is 2.41. The SMILES string of the molecule is COc1cc2c(cc1NC(=O)c1c(N[C@@H]3CCCC[C@@H]3N)nn3cccnc13)CC(C)(C)O2. The average molecular weight is 451 g/mol. The Kier molecular flexibility index (Phi) is 5.36. The molecule has 1 aromatic carbocycles. The number of hydrogen-bond donors (Lipinski definition) is 3. The second kappa shape index (κ2) is 8.22. The van der Waals surface area contributed by atoms with Gasteiger partial charge in [0, 0.05) is 42.5 Å². The predicted molar refractivity (Wildman–Crippen MR) is 126 cm³/mol. The van der Waals surface area contributed by atoms with E-state index in [1.165, 1.54) is 0 Å². The standard InChI is InChI=1S/C24H30N6O3/c1-24(2)13-14-11-17(19(32-3)12-18(14)33-24)28-23(31)20-21(27-16-8-5-4-7-15(16)25)29-30-10-6-9-26-22(20)30/h6,9-12,15-16H,4-5,7-8,13,25H2,1-3H3,(H,27,29)(H,28,31)/t15-,16+/m0/s1. The van der Waals surface area contributed by atoms with Gasteiger partial charge in [-0.2, -0.15) is 0 Å². The molecule has 2 aliphatic rings. The summed E-state index contributed by atoms with van der Waals surface area (Å²) < 4.78 is 13.2. The van der Waals surface area contributed by atoms with Gasteiger partial charge in [0.05, 0.1) is 12.8 Å². The first-order chi connectivity index (χ1) is 15.8. The lowest BCUT2D eigenvalue weighted by Crippen LogP contribution is -2.43. The van der Waals surface area contributed by atoms with Crippen molar-refractivity contribution in [1.82, 2.24) is 14.6 Å². The maximum absolute atomic E-state index is 13.6. The summed E-state index contributed by atoms with van der Waals surface area (Å²) in [5, 5.41) is 11.0. The van der Waals surface area contributed by atoms with E-state index in [2.05, 4.69) is 20.7 Å². The van der Waals surface area contributed by atoms with Crippen LogP contribution in [0.4, 0.5) is 11.5 Å². The van der Waals surface area contributed by atoms with Crippen LogP contribution in [0.15, 0.2) is 30.6 Å². The van der Waals surface area contributed by atoms with Gasteiger partial charge in [0.15, 0.2) is 11.5 Å². The minimum Gasteiger partial charge on any atom is -0.494 e. The van der Waals surface area contributed by atoms with Crippen molar-refractivity contribution in [3.63, 3.8) is 0 Å². The number of benzene rings is 1. The maximum Gasteiger partial charge on any atom is 0.263 e. The molecule has 2 aromatic heterocycles. The highest BCUT2D eigenvalue weighted by molar-refractivity contribution is 6.12. The smallest absolute Gasteiger partial charge is 0.263 e. The molecule has 9 nitrogen and oxygen atoms in total. The minimum absolute atomic E-state index is 0.0209. The zero-order valence-corrected chi connectivity index (χ0v) is 19.2. The fourth-order valence-electron chi connectivity index (χ4n) is 4.79. The van der Waals surface area contributed by atoms with Gasteiger partial charge in [-0.3, -0.25) is 4.79 Å². The van der Waals surface area contributed by atoms with Gasteiger partial charge in [-0.05, 0) is 38.8 Å². The van der Waals surface area contributed by atoms with Crippen LogP contribution in [0.5, 0.6) is 11.5 Å². The lowest BCUT2D eigenvalue weighted by molar-refractivity contribution is 0.102. The fraction of sp³-hybridized carbons (Fsp3) is 0.458. The van der Waals surface area contributed by atoms with Crippen LogP contribution < -0.4 is 25.8 Å². The molecule has 174 valence electrons. The van der Waals surface area contributed by atoms with Gasteiger partial charge in [-0.25, -0.2) is 9.50 Å². The van der Waals surface area contributed by atoms with Crippen molar-refractivity contribution < 1.29 is 14.3 Å². The average Bonchev–Trinajstić information content (AvgIpc) is 3.29. The van der Waals surface area contributed by atoms with Gasteiger partial charge in [-0.15, -0.1) is 5.10 Å². The first-order valence-corrected chi connectivity index (χ1v) is 11.4. The quantitative estimate of drug-likeness (QED) is 0.546. The van der Waals surface area contributed by atoms with Crippen molar-refractivity contribution in [1.29, 1.82) is 0 Å². The summed E-state index contributed by atoms with van der Waals surface area (Å²) in [7, 11) is 1.58. The number of carbonyl (C=O) groups is 1. The van der Waals surface area contributed by atoms with Gasteiger partial charge in [0.1, 0.15) is 22.7 Å². The molecule has 0 radical (unpaired) electrons. The van der Waals surface area contributed by atoms with E-state index in [9.17, 15) is 4.79 Å². The second-order valence-corrected chi connectivity index (χ2v) is 9.46. The number of aromatic nitrogens is 3. The Morgan fingerprint density at radius 2 is 2.12 bits per heavy atom. The molecular weight excluding hydrogens is 420 g/mol. The molecule has 3 aromatic rings. The van der Waals surface area contributed by atoms with E-state index < -0.39 is 0 Å². The monoisotopic (exact) mass is 450 g/mol. The van der Waals surface area contributed by atoms with Crippen LogP contribution in [0.2, 0.25) is 0 Å². The third-order valence-electron chi connectivity index (χ3n) is 6.40. The number of rotatable bonds is 5. The van der Waals surface area contributed by atoms with E-state index in [0.717, 1.165) is 43.4 Å². The molecule has 1 fully saturated rings. The number of nitrogens with two attached hydrogens (primary N) is 1. The number of amides is 1. The summed E-state index contributed by atoms with van der Waals surface area (Å²) >= 11 is 0. The fourth-order valence-corrected chi connectivity index (χ4v) is 4.79. The van der Waals surface area contributed by atoms with E-state index in [1.54, 1.807) is 30.1 Å². The summed E-state index contributed by atoms with van der Waals surface area (Å²) in [5.41, 5.74) is 8.52. The predicted octanol–water partition coefficient (Wildman–Crippen LogP) is 3.39. The minimum atomic E-state index is -0.313. The van der Waals surface area contributed by atoms with Gasteiger partial charge in [0.2, 0.25) is 0 Å². The molecule has 33 heavy (non-hydrogen) atoms. The van der Waals surface area contributed by atoms with Gasteiger partial charge in [0.25, 0.3) is 5.91 Å². The largest absolute Gasteiger partial charge is 0.494 e. The molecule has 0 unspecified atom stereocenters. The Hall–Kier alpha value is -3.33. The maximum atomic E-state index is 13.6. The van der Waals surface area contributed by atoms with Crippen LogP contribution in [0.25, 0.3) is 5.65 Å². The van der Waals surface area contributed by atoms with Crippen LogP contribution in [0.1, 0.15) is 55.5 Å². The van der Waals surface area contributed by atoms with Crippen LogP contribution in [0.3, 0.4) is 0 Å². The van der Waals surface area contributed by atoms with Crippen molar-refractivity contribution in [2.75, 3.05) is 17.7 Å². The Morgan fingerprint density at radius 3 is 2.91 bits per heavy atom. The van der Waals surface area contributed by atoms with Crippen molar-refractivity contribution in [2.45, 2.75) is 63.6 Å². The normalized spacial score (nSPS) is 21.3. The van der Waals surface area contributed by atoms with Crippen molar-refractivity contribution in [3.8, 4) is 11.5 Å². The van der Waals surface area contributed by atoms with Crippen molar-refractivity contribution >= 4 is 23.1 Å². The third-order valence-corrected chi connectivity index (χ3v) is 6.40. The highest BCUT2D eigenvalue weighted by Gasteiger charge is 2.32. The molecule has 9 heteroatoms.